The SMILES string of the molecule is Cc1ccc(C(C)C)cc1OC(C)C(=O)Nc1ccccc1C(=O)NCCN. The second-order valence-corrected chi connectivity index (χ2v) is 7.02. The second-order valence-electron chi connectivity index (χ2n) is 7.02. The van der Waals surface area contributed by atoms with E-state index in [1.165, 1.54) is 0 Å². The van der Waals surface area contributed by atoms with Crippen molar-refractivity contribution >= 4 is 17.5 Å². The Morgan fingerprint density at radius 2 is 1.82 bits per heavy atom. The summed E-state index contributed by atoms with van der Waals surface area (Å²) in [6.45, 7) is 8.57. The van der Waals surface area contributed by atoms with E-state index in [0.717, 1.165) is 11.1 Å². The van der Waals surface area contributed by atoms with Crippen LogP contribution >= 0.6 is 0 Å². The summed E-state index contributed by atoms with van der Waals surface area (Å²) in [5, 5.41) is 5.50. The molecule has 0 aliphatic heterocycles. The van der Waals surface area contributed by atoms with Gasteiger partial charge in [0.2, 0.25) is 0 Å². The predicted octanol–water partition coefficient (Wildman–Crippen LogP) is 3.21. The first-order chi connectivity index (χ1) is 13.3. The van der Waals surface area contributed by atoms with Gasteiger partial charge in [0, 0.05) is 13.1 Å². The lowest BCUT2D eigenvalue weighted by molar-refractivity contribution is -0.122. The molecule has 6 nitrogen and oxygen atoms in total. The van der Waals surface area contributed by atoms with E-state index in [9.17, 15) is 9.59 Å². The Labute approximate surface area is 166 Å². The van der Waals surface area contributed by atoms with Gasteiger partial charge in [0.1, 0.15) is 5.75 Å². The van der Waals surface area contributed by atoms with Crippen LogP contribution in [0.15, 0.2) is 42.5 Å². The lowest BCUT2D eigenvalue weighted by Crippen LogP contribution is -2.33. The van der Waals surface area contributed by atoms with Crippen LogP contribution in [0.25, 0.3) is 0 Å². The molecule has 0 bridgehead atoms. The Kier molecular flexibility index (Phi) is 7.58. The zero-order valence-corrected chi connectivity index (χ0v) is 16.9. The van der Waals surface area contributed by atoms with Crippen LogP contribution in [-0.4, -0.2) is 31.0 Å². The Balaban J connectivity index is 2.11. The van der Waals surface area contributed by atoms with E-state index in [4.69, 9.17) is 10.5 Å². The highest BCUT2D eigenvalue weighted by Crippen LogP contribution is 2.25. The van der Waals surface area contributed by atoms with E-state index in [1.54, 1.807) is 31.2 Å². The average molecular weight is 383 g/mol. The van der Waals surface area contributed by atoms with Crippen LogP contribution in [-0.2, 0) is 4.79 Å². The second kappa shape index (κ2) is 9.90. The van der Waals surface area contributed by atoms with Gasteiger partial charge in [-0.15, -0.1) is 0 Å². The molecule has 0 spiro atoms. The topological polar surface area (TPSA) is 93.4 Å². The molecule has 2 amide bonds. The minimum Gasteiger partial charge on any atom is -0.481 e. The molecule has 2 aromatic rings. The largest absolute Gasteiger partial charge is 0.481 e. The van der Waals surface area contributed by atoms with Crippen molar-refractivity contribution in [3.63, 3.8) is 0 Å². The van der Waals surface area contributed by atoms with Gasteiger partial charge in [-0.3, -0.25) is 9.59 Å². The molecule has 2 rings (SSSR count). The van der Waals surface area contributed by atoms with Crippen LogP contribution < -0.4 is 21.1 Å². The number of ether oxygens (including phenoxy) is 1. The molecule has 28 heavy (non-hydrogen) atoms. The summed E-state index contributed by atoms with van der Waals surface area (Å²) in [5.41, 5.74) is 8.36. The van der Waals surface area contributed by atoms with Gasteiger partial charge in [-0.2, -0.15) is 0 Å². The van der Waals surface area contributed by atoms with Crippen LogP contribution in [0.4, 0.5) is 5.69 Å². The number of benzene rings is 2. The molecule has 4 N–H and O–H groups in total. The van der Waals surface area contributed by atoms with Crippen molar-refractivity contribution in [3.8, 4) is 5.75 Å². The summed E-state index contributed by atoms with van der Waals surface area (Å²) < 4.78 is 5.91. The van der Waals surface area contributed by atoms with Crippen molar-refractivity contribution in [2.45, 2.75) is 39.7 Å². The van der Waals surface area contributed by atoms with Crippen molar-refractivity contribution in [1.82, 2.24) is 5.32 Å². The molecule has 0 heterocycles. The number of nitrogens with two attached hydrogens (primary N) is 1. The molecule has 0 aromatic heterocycles. The molecular weight excluding hydrogens is 354 g/mol. The summed E-state index contributed by atoms with van der Waals surface area (Å²) in [4.78, 5) is 24.9. The number of aryl methyl sites for hydroxylation is 1. The van der Waals surface area contributed by atoms with Crippen LogP contribution in [0.3, 0.4) is 0 Å². The summed E-state index contributed by atoms with van der Waals surface area (Å²) in [5.74, 6) is 0.442. The van der Waals surface area contributed by atoms with Gasteiger partial charge >= 0.3 is 0 Å². The number of amides is 2. The summed E-state index contributed by atoms with van der Waals surface area (Å²) in [6, 6.07) is 12.9. The third-order valence-electron chi connectivity index (χ3n) is 4.41. The van der Waals surface area contributed by atoms with Gasteiger partial charge in [0.25, 0.3) is 11.8 Å². The summed E-state index contributed by atoms with van der Waals surface area (Å²) in [7, 11) is 0. The molecule has 6 heteroatoms. The van der Waals surface area contributed by atoms with Crippen molar-refractivity contribution < 1.29 is 14.3 Å². The Morgan fingerprint density at radius 3 is 2.50 bits per heavy atom. The first-order valence-electron chi connectivity index (χ1n) is 9.48. The fourth-order valence-corrected chi connectivity index (χ4v) is 2.65. The Morgan fingerprint density at radius 1 is 1.11 bits per heavy atom. The molecule has 1 atom stereocenters. The molecule has 1 unspecified atom stereocenters. The van der Waals surface area contributed by atoms with Crippen molar-refractivity contribution in [2.75, 3.05) is 18.4 Å². The number of anilines is 1. The highest BCUT2D eigenvalue weighted by Gasteiger charge is 2.19. The monoisotopic (exact) mass is 383 g/mol. The van der Waals surface area contributed by atoms with Crippen LogP contribution in [0, 0.1) is 6.92 Å². The molecule has 0 aliphatic carbocycles. The van der Waals surface area contributed by atoms with Crippen LogP contribution in [0.1, 0.15) is 48.2 Å². The normalized spacial score (nSPS) is 11.8. The third kappa shape index (κ3) is 5.57. The fourth-order valence-electron chi connectivity index (χ4n) is 2.65. The van der Waals surface area contributed by atoms with E-state index in [0.29, 0.717) is 36.0 Å². The zero-order valence-electron chi connectivity index (χ0n) is 16.9. The number of carbonyl (C=O) groups excluding carboxylic acids is 2. The van der Waals surface area contributed by atoms with Gasteiger partial charge in [0.05, 0.1) is 11.3 Å². The fraction of sp³-hybridized carbons (Fsp3) is 0.364. The van der Waals surface area contributed by atoms with Gasteiger partial charge in [-0.1, -0.05) is 38.1 Å². The molecule has 0 saturated carbocycles. The van der Waals surface area contributed by atoms with E-state index in [1.807, 2.05) is 19.1 Å². The first-order valence-corrected chi connectivity index (χ1v) is 9.48. The zero-order chi connectivity index (χ0) is 20.7. The number of para-hydroxylation sites is 1. The molecule has 0 saturated heterocycles. The predicted molar refractivity (Wildman–Crippen MR) is 112 cm³/mol. The lowest BCUT2D eigenvalue weighted by atomic mass is 10.0. The highest BCUT2D eigenvalue weighted by molar-refractivity contribution is 6.04. The number of hydrogen-bond acceptors (Lipinski definition) is 4. The maximum atomic E-state index is 12.6. The minimum absolute atomic E-state index is 0.282. The Bertz CT molecular complexity index is 834. The summed E-state index contributed by atoms with van der Waals surface area (Å²) in [6.07, 6.45) is -0.721. The van der Waals surface area contributed by atoms with E-state index >= 15 is 0 Å². The quantitative estimate of drug-likeness (QED) is 0.652. The lowest BCUT2D eigenvalue weighted by Gasteiger charge is -2.19. The average Bonchev–Trinajstić information content (AvgIpc) is 2.67. The van der Waals surface area contributed by atoms with Gasteiger partial charge in [-0.25, -0.2) is 0 Å². The highest BCUT2D eigenvalue weighted by atomic mass is 16.5. The number of nitrogens with one attached hydrogen (secondary N) is 2. The molecular formula is C22H29N3O3. The minimum atomic E-state index is -0.721. The van der Waals surface area contributed by atoms with Crippen LogP contribution in [0.5, 0.6) is 5.75 Å². The standard InChI is InChI=1S/C22H29N3O3/c1-14(2)17-10-9-15(3)20(13-17)28-16(4)21(26)25-19-8-6-5-7-18(19)22(27)24-12-11-23/h5-10,13-14,16H,11-12,23H2,1-4H3,(H,24,27)(H,25,26). The van der Waals surface area contributed by atoms with E-state index < -0.39 is 6.10 Å². The van der Waals surface area contributed by atoms with Gasteiger partial charge < -0.3 is 21.1 Å². The molecule has 0 fully saturated rings. The summed E-state index contributed by atoms with van der Waals surface area (Å²) >= 11 is 0. The van der Waals surface area contributed by atoms with Gasteiger partial charge in [-0.05, 0) is 49.1 Å². The number of rotatable bonds is 8. The molecule has 2 aromatic carbocycles. The van der Waals surface area contributed by atoms with Crippen LogP contribution in [0.2, 0.25) is 0 Å². The Hall–Kier alpha value is -2.86. The molecule has 0 radical (unpaired) electrons. The first kappa shape index (κ1) is 21.4. The maximum Gasteiger partial charge on any atom is 0.265 e. The molecule has 0 aliphatic rings. The van der Waals surface area contributed by atoms with Crippen molar-refractivity contribution in [3.05, 3.63) is 59.2 Å². The smallest absolute Gasteiger partial charge is 0.265 e. The van der Waals surface area contributed by atoms with E-state index in [2.05, 4.69) is 30.5 Å². The van der Waals surface area contributed by atoms with Crippen molar-refractivity contribution in [1.29, 1.82) is 0 Å². The maximum absolute atomic E-state index is 12.6. The third-order valence-corrected chi connectivity index (χ3v) is 4.41. The molecule has 150 valence electrons. The number of hydrogen-bond donors (Lipinski definition) is 3. The van der Waals surface area contributed by atoms with Gasteiger partial charge in [0.15, 0.2) is 6.10 Å². The number of carbonyl (C=O) groups is 2. The van der Waals surface area contributed by atoms with Crippen molar-refractivity contribution in [2.24, 2.45) is 5.73 Å². The van der Waals surface area contributed by atoms with E-state index in [-0.39, 0.29) is 11.8 Å².